The molecule has 1 atom stereocenters. The molecule has 0 saturated carbocycles. The molecular weight excluding hydrogens is 362 g/mol. The molecule has 156 valence electrons. The van der Waals surface area contributed by atoms with Gasteiger partial charge in [0.15, 0.2) is 0 Å². The highest BCUT2D eigenvalue weighted by Crippen LogP contribution is 2.20. The molecule has 0 amide bonds. The molecule has 0 saturated heterocycles. The summed E-state index contributed by atoms with van der Waals surface area (Å²) in [6, 6.07) is 8.27. The number of aryl methyl sites for hydroxylation is 1. The van der Waals surface area contributed by atoms with Crippen LogP contribution in [0.1, 0.15) is 69.1 Å². The first-order valence-corrected chi connectivity index (χ1v) is 11.8. The average Bonchev–Trinajstić information content (AvgIpc) is 2.59. The minimum absolute atomic E-state index is 0.211. The molecule has 5 nitrogen and oxygen atoms in total. The zero-order chi connectivity index (χ0) is 20.3. The smallest absolute Gasteiger partial charge is 0.265 e. The van der Waals surface area contributed by atoms with E-state index in [9.17, 15) is 13.5 Å². The molecule has 0 radical (unpaired) electrons. The van der Waals surface area contributed by atoms with Gasteiger partial charge in [-0.05, 0) is 24.0 Å². The van der Waals surface area contributed by atoms with Crippen LogP contribution < -0.4 is 0 Å². The molecule has 0 aliphatic heterocycles. The summed E-state index contributed by atoms with van der Waals surface area (Å²) in [7, 11) is 0.129. The predicted molar refractivity (Wildman–Crippen MR) is 111 cm³/mol. The minimum atomic E-state index is -3.90. The number of unbranched alkanes of at least 4 members (excludes halogenated alkanes) is 4. The Morgan fingerprint density at radius 2 is 1.59 bits per heavy atom. The maximum Gasteiger partial charge on any atom is 0.265 e. The van der Waals surface area contributed by atoms with Gasteiger partial charge in [-0.25, -0.2) is 0 Å². The predicted octanol–water partition coefficient (Wildman–Crippen LogP) is 3.98. The molecule has 0 aliphatic carbocycles. The number of hydrogen-bond acceptors (Lipinski definition) is 3. The summed E-state index contributed by atoms with van der Waals surface area (Å²) >= 11 is 0. The van der Waals surface area contributed by atoms with Gasteiger partial charge in [-0.2, -0.15) is 8.42 Å². The van der Waals surface area contributed by atoms with E-state index in [1.54, 1.807) is 0 Å². The van der Waals surface area contributed by atoms with Gasteiger partial charge in [0.05, 0.1) is 39.0 Å². The normalized spacial score (nSPS) is 13.7. The molecule has 0 heterocycles. The van der Waals surface area contributed by atoms with Gasteiger partial charge in [-0.3, -0.25) is 4.55 Å². The van der Waals surface area contributed by atoms with E-state index in [0.717, 1.165) is 18.5 Å². The zero-order valence-electron chi connectivity index (χ0n) is 17.2. The van der Waals surface area contributed by atoms with E-state index in [4.69, 9.17) is 4.55 Å². The summed E-state index contributed by atoms with van der Waals surface area (Å²) in [6.45, 7) is 3.61. The van der Waals surface area contributed by atoms with Gasteiger partial charge in [-0.1, -0.05) is 56.9 Å². The molecule has 1 aromatic rings. The second-order valence-electron chi connectivity index (χ2n) is 8.23. The molecule has 27 heavy (non-hydrogen) atoms. The van der Waals surface area contributed by atoms with Gasteiger partial charge in [0, 0.05) is 12.8 Å². The monoisotopic (exact) mass is 400 g/mol. The molecule has 1 rings (SSSR count). The number of aliphatic hydroxyl groups is 1. The molecule has 6 heteroatoms. The Labute approximate surface area is 165 Å². The van der Waals surface area contributed by atoms with Crippen molar-refractivity contribution >= 4 is 10.1 Å². The van der Waals surface area contributed by atoms with Crippen molar-refractivity contribution in [3.8, 4) is 0 Å². The molecule has 0 aromatic heterocycles. The van der Waals surface area contributed by atoms with Crippen LogP contribution >= 0.6 is 0 Å². The van der Waals surface area contributed by atoms with Crippen molar-refractivity contribution < 1.29 is 22.6 Å². The summed E-state index contributed by atoms with van der Waals surface area (Å²) in [5.41, 5.74) is 2.26. The van der Waals surface area contributed by atoms with Crippen molar-refractivity contribution in [2.45, 2.75) is 64.4 Å². The van der Waals surface area contributed by atoms with E-state index >= 15 is 0 Å². The number of benzene rings is 1. The summed E-state index contributed by atoms with van der Waals surface area (Å²) in [6.07, 6.45) is 8.01. The highest BCUT2D eigenvalue weighted by molar-refractivity contribution is 7.85. The van der Waals surface area contributed by atoms with Crippen LogP contribution in [0, 0.1) is 0 Å². The van der Waals surface area contributed by atoms with E-state index in [1.807, 2.05) is 26.2 Å². The molecule has 1 unspecified atom stereocenters. The Bertz CT molecular complexity index is 626. The molecule has 0 aliphatic rings. The summed E-state index contributed by atoms with van der Waals surface area (Å²) < 4.78 is 31.1. The Balaban J connectivity index is 2.37. The van der Waals surface area contributed by atoms with Crippen molar-refractivity contribution in [1.29, 1.82) is 0 Å². The molecule has 0 spiro atoms. The lowest BCUT2D eigenvalue weighted by Crippen LogP contribution is -2.42. The van der Waals surface area contributed by atoms with Gasteiger partial charge in [-0.15, -0.1) is 0 Å². The van der Waals surface area contributed by atoms with E-state index in [-0.39, 0.29) is 5.75 Å². The standard InChI is InChI=1S/C21H37NO4S/c1-4-5-6-7-8-10-19-11-13-20(14-12-19)21(23)15-17-22(2,3)16-9-18-27(24,25)26/h11-14,21,23H,4-10,15-18H2,1-3H3/p+1. The Hall–Kier alpha value is -0.950. The fourth-order valence-electron chi connectivity index (χ4n) is 3.26. The lowest BCUT2D eigenvalue weighted by molar-refractivity contribution is -0.890. The summed E-state index contributed by atoms with van der Waals surface area (Å²) in [5.74, 6) is -0.211. The number of nitrogens with zero attached hydrogens (tertiary/aromatic N) is 1. The Morgan fingerprint density at radius 3 is 2.19 bits per heavy atom. The fourth-order valence-corrected chi connectivity index (χ4v) is 3.76. The average molecular weight is 401 g/mol. The Morgan fingerprint density at radius 1 is 0.963 bits per heavy atom. The van der Waals surface area contributed by atoms with Crippen LogP contribution in [0.25, 0.3) is 0 Å². The first-order valence-electron chi connectivity index (χ1n) is 10.2. The van der Waals surface area contributed by atoms with Crippen LogP contribution in [-0.4, -0.2) is 55.5 Å². The first-order chi connectivity index (χ1) is 12.6. The van der Waals surface area contributed by atoms with Gasteiger partial charge >= 0.3 is 0 Å². The van der Waals surface area contributed by atoms with Crippen LogP contribution in [0.15, 0.2) is 24.3 Å². The maximum atomic E-state index is 10.8. The SMILES string of the molecule is CCCCCCCc1ccc(C(O)CC[N+](C)(C)CCCS(=O)(=O)O)cc1. The minimum Gasteiger partial charge on any atom is -0.388 e. The third-order valence-corrected chi connectivity index (χ3v) is 5.91. The van der Waals surface area contributed by atoms with Crippen molar-refractivity contribution in [3.63, 3.8) is 0 Å². The van der Waals surface area contributed by atoms with Gasteiger partial charge < -0.3 is 9.59 Å². The van der Waals surface area contributed by atoms with E-state index in [2.05, 4.69) is 19.1 Å². The van der Waals surface area contributed by atoms with Crippen molar-refractivity contribution in [3.05, 3.63) is 35.4 Å². The third-order valence-electron chi connectivity index (χ3n) is 5.11. The Kier molecular flexibility index (Phi) is 10.5. The quantitative estimate of drug-likeness (QED) is 0.281. The van der Waals surface area contributed by atoms with Crippen LogP contribution in [0.3, 0.4) is 0 Å². The first kappa shape index (κ1) is 24.1. The second kappa shape index (κ2) is 11.8. The van der Waals surface area contributed by atoms with Gasteiger partial charge in [0.25, 0.3) is 10.1 Å². The van der Waals surface area contributed by atoms with Gasteiger partial charge in [0.2, 0.25) is 0 Å². The lowest BCUT2D eigenvalue weighted by Gasteiger charge is -2.30. The molecule has 2 N–H and O–H groups in total. The van der Waals surface area contributed by atoms with Crippen molar-refractivity contribution in [2.24, 2.45) is 0 Å². The second-order valence-corrected chi connectivity index (χ2v) is 9.80. The molecule has 0 fully saturated rings. The largest absolute Gasteiger partial charge is 0.388 e. The van der Waals surface area contributed by atoms with Crippen LogP contribution in [0.4, 0.5) is 0 Å². The molecule has 0 bridgehead atoms. The van der Waals surface area contributed by atoms with Crippen LogP contribution in [-0.2, 0) is 16.5 Å². The fraction of sp³-hybridized carbons (Fsp3) is 0.714. The highest BCUT2D eigenvalue weighted by atomic mass is 32.2. The highest BCUT2D eigenvalue weighted by Gasteiger charge is 2.19. The van der Waals surface area contributed by atoms with Gasteiger partial charge in [0.1, 0.15) is 0 Å². The number of aliphatic hydroxyl groups excluding tert-OH is 1. The molecular formula is C21H38NO4S+. The van der Waals surface area contributed by atoms with E-state index in [1.165, 1.54) is 37.7 Å². The zero-order valence-corrected chi connectivity index (χ0v) is 18.0. The number of rotatable bonds is 14. The van der Waals surface area contributed by atoms with Crippen LogP contribution in [0.5, 0.6) is 0 Å². The number of quaternary nitrogens is 1. The van der Waals surface area contributed by atoms with Crippen molar-refractivity contribution in [1.82, 2.24) is 0 Å². The molecule has 1 aromatic carbocycles. The summed E-state index contributed by atoms with van der Waals surface area (Å²) in [4.78, 5) is 0. The maximum absolute atomic E-state index is 10.8. The lowest BCUT2D eigenvalue weighted by atomic mass is 10.0. The number of hydrogen-bond donors (Lipinski definition) is 2. The van der Waals surface area contributed by atoms with E-state index < -0.39 is 16.2 Å². The third kappa shape index (κ3) is 11.5. The topological polar surface area (TPSA) is 74.6 Å². The summed E-state index contributed by atoms with van der Waals surface area (Å²) in [5, 5.41) is 10.5. The van der Waals surface area contributed by atoms with Crippen molar-refractivity contribution in [2.75, 3.05) is 32.9 Å². The van der Waals surface area contributed by atoms with Crippen LogP contribution in [0.2, 0.25) is 0 Å². The van der Waals surface area contributed by atoms with E-state index in [0.29, 0.717) is 23.9 Å².